The molecule has 2 aromatic carbocycles. The van der Waals surface area contributed by atoms with Crippen LogP contribution in [0.3, 0.4) is 0 Å². The molecule has 1 atom stereocenters. The summed E-state index contributed by atoms with van der Waals surface area (Å²) in [5, 5.41) is 5.81. The minimum absolute atomic E-state index is 0. The Bertz CT molecular complexity index is 1050. The molecule has 0 radical (unpaired) electrons. The number of carbonyl (C=O) groups is 1. The lowest BCUT2D eigenvalue weighted by Gasteiger charge is -2.16. The van der Waals surface area contributed by atoms with Crippen LogP contribution in [-0.2, 0) is 6.54 Å². The summed E-state index contributed by atoms with van der Waals surface area (Å²) < 4.78 is 14.5. The topological polar surface area (TPSA) is 55.2 Å². The Labute approximate surface area is 174 Å². The molecule has 2 heterocycles. The molecule has 1 aromatic heterocycles. The first-order valence-electron chi connectivity index (χ1n) is 9.56. The van der Waals surface area contributed by atoms with Crippen molar-refractivity contribution >= 4 is 29.0 Å². The summed E-state index contributed by atoms with van der Waals surface area (Å²) in [5.74, 6) is 0.0132. The molecule has 4 rings (SSSR count). The first-order chi connectivity index (χ1) is 13.6. The molecule has 5 nitrogen and oxygen atoms in total. The van der Waals surface area contributed by atoms with Gasteiger partial charge in [-0.15, -0.1) is 12.4 Å². The van der Waals surface area contributed by atoms with E-state index in [4.69, 9.17) is 0 Å². The van der Waals surface area contributed by atoms with Crippen LogP contribution in [0.2, 0.25) is 0 Å². The molecule has 0 amide bonds. The highest BCUT2D eigenvalue weighted by Gasteiger charge is 2.25. The Morgan fingerprint density at radius 2 is 1.86 bits per heavy atom. The summed E-state index contributed by atoms with van der Waals surface area (Å²) in [5.41, 5.74) is 0.493. The van der Waals surface area contributed by atoms with Crippen molar-refractivity contribution < 1.29 is 9.18 Å². The van der Waals surface area contributed by atoms with Crippen molar-refractivity contribution in [3.8, 4) is 0 Å². The van der Waals surface area contributed by atoms with Gasteiger partial charge < -0.3 is 4.90 Å². The minimum atomic E-state index is -0.332. The Hall–Kier alpha value is -2.57. The number of benzene rings is 2. The van der Waals surface area contributed by atoms with E-state index in [-0.39, 0.29) is 29.6 Å². The zero-order valence-corrected chi connectivity index (χ0v) is 16.8. The van der Waals surface area contributed by atoms with Crippen LogP contribution in [0.1, 0.15) is 23.2 Å². The van der Waals surface area contributed by atoms with Crippen LogP contribution >= 0.6 is 12.4 Å². The standard InChI is InChI=1S/C22H22FN3O2.ClH/c23-19-7-5-17(6-8-19)21(27)13-16-9-10-25(15-16)11-12-26-22(28)20-4-2-1-3-18(20)14-24-26;/h1-8,14,16H,9-13,15H2;1H. The second-order valence-electron chi connectivity index (χ2n) is 7.35. The smallest absolute Gasteiger partial charge is 0.274 e. The van der Waals surface area contributed by atoms with Crippen molar-refractivity contribution in [2.75, 3.05) is 19.6 Å². The van der Waals surface area contributed by atoms with Gasteiger partial charge in [0, 0.05) is 30.5 Å². The van der Waals surface area contributed by atoms with Gasteiger partial charge in [0.1, 0.15) is 5.82 Å². The fraction of sp³-hybridized carbons (Fsp3) is 0.318. The van der Waals surface area contributed by atoms with Crippen LogP contribution in [0, 0.1) is 11.7 Å². The molecule has 0 saturated carbocycles. The Morgan fingerprint density at radius 3 is 2.66 bits per heavy atom. The molecule has 0 bridgehead atoms. The van der Waals surface area contributed by atoms with Crippen molar-refractivity contribution in [3.63, 3.8) is 0 Å². The van der Waals surface area contributed by atoms with Crippen LogP contribution in [0.25, 0.3) is 10.8 Å². The summed E-state index contributed by atoms with van der Waals surface area (Å²) in [6.45, 7) is 2.99. The third kappa shape index (κ3) is 4.89. The number of carbonyl (C=O) groups excluding carboxylic acids is 1. The van der Waals surface area contributed by atoms with E-state index in [0.29, 0.717) is 29.8 Å². The maximum atomic E-state index is 13.0. The zero-order valence-electron chi connectivity index (χ0n) is 16.0. The van der Waals surface area contributed by atoms with Gasteiger partial charge in [-0.25, -0.2) is 9.07 Å². The summed E-state index contributed by atoms with van der Waals surface area (Å²) in [4.78, 5) is 27.2. The zero-order chi connectivity index (χ0) is 19.5. The number of nitrogens with zero attached hydrogens (tertiary/aromatic N) is 3. The first kappa shape index (κ1) is 21.1. The molecule has 1 unspecified atom stereocenters. The monoisotopic (exact) mass is 415 g/mol. The van der Waals surface area contributed by atoms with E-state index in [2.05, 4.69) is 10.00 Å². The van der Waals surface area contributed by atoms with E-state index < -0.39 is 0 Å². The first-order valence-corrected chi connectivity index (χ1v) is 9.56. The fourth-order valence-electron chi connectivity index (χ4n) is 3.82. The third-order valence-corrected chi connectivity index (χ3v) is 5.40. The van der Waals surface area contributed by atoms with Gasteiger partial charge in [-0.1, -0.05) is 18.2 Å². The average Bonchev–Trinajstić information content (AvgIpc) is 3.15. The Kier molecular flexibility index (Phi) is 6.77. The van der Waals surface area contributed by atoms with Gasteiger partial charge in [-0.2, -0.15) is 5.10 Å². The molecular formula is C22H23ClFN3O2. The predicted octanol–water partition coefficient (Wildman–Crippen LogP) is 3.55. The lowest BCUT2D eigenvalue weighted by molar-refractivity contribution is 0.0962. The number of hydrogen-bond acceptors (Lipinski definition) is 4. The van der Waals surface area contributed by atoms with Crippen molar-refractivity contribution in [1.29, 1.82) is 0 Å². The quantitative estimate of drug-likeness (QED) is 0.578. The molecule has 3 aromatic rings. The third-order valence-electron chi connectivity index (χ3n) is 5.40. The number of fused-ring (bicyclic) bond motifs is 1. The van der Waals surface area contributed by atoms with Crippen molar-refractivity contribution in [1.82, 2.24) is 14.7 Å². The molecule has 152 valence electrons. The fourth-order valence-corrected chi connectivity index (χ4v) is 3.82. The summed E-state index contributed by atoms with van der Waals surface area (Å²) in [6.07, 6.45) is 3.15. The number of Topliss-reactive ketones (excluding diaryl/α,β-unsaturated/α-hetero) is 1. The molecule has 1 fully saturated rings. The van der Waals surface area contributed by atoms with E-state index in [1.165, 1.54) is 16.8 Å². The van der Waals surface area contributed by atoms with Crippen LogP contribution in [0.4, 0.5) is 4.39 Å². The van der Waals surface area contributed by atoms with E-state index >= 15 is 0 Å². The SMILES string of the molecule is Cl.O=C(CC1CCN(CCn2ncc3ccccc3c2=O)C1)c1ccc(F)cc1. The number of rotatable bonds is 6. The van der Waals surface area contributed by atoms with E-state index in [9.17, 15) is 14.0 Å². The molecule has 29 heavy (non-hydrogen) atoms. The molecular weight excluding hydrogens is 393 g/mol. The lowest BCUT2D eigenvalue weighted by atomic mass is 9.98. The van der Waals surface area contributed by atoms with Crippen LogP contribution in [0.15, 0.2) is 59.5 Å². The van der Waals surface area contributed by atoms with Crippen molar-refractivity contribution in [2.45, 2.75) is 19.4 Å². The average molecular weight is 416 g/mol. The molecule has 7 heteroatoms. The molecule has 0 aliphatic carbocycles. The number of likely N-dealkylation sites (tertiary alicyclic amines) is 1. The molecule has 0 spiro atoms. The highest BCUT2D eigenvalue weighted by atomic mass is 35.5. The van der Waals surface area contributed by atoms with Gasteiger partial charge in [-0.3, -0.25) is 9.59 Å². The molecule has 1 aliphatic heterocycles. The van der Waals surface area contributed by atoms with Crippen molar-refractivity contribution in [2.24, 2.45) is 5.92 Å². The summed E-state index contributed by atoms with van der Waals surface area (Å²) in [7, 11) is 0. The van der Waals surface area contributed by atoms with Crippen molar-refractivity contribution in [3.05, 3.63) is 76.5 Å². The highest BCUT2D eigenvalue weighted by Crippen LogP contribution is 2.21. The van der Waals surface area contributed by atoms with Gasteiger partial charge in [0.25, 0.3) is 5.56 Å². The Morgan fingerprint density at radius 1 is 1.10 bits per heavy atom. The normalized spacial score (nSPS) is 16.7. The second kappa shape index (κ2) is 9.29. The highest BCUT2D eigenvalue weighted by molar-refractivity contribution is 5.96. The van der Waals surface area contributed by atoms with E-state index in [0.717, 1.165) is 31.4 Å². The summed E-state index contributed by atoms with van der Waals surface area (Å²) in [6, 6.07) is 13.2. The minimum Gasteiger partial charge on any atom is -0.301 e. The van der Waals surface area contributed by atoms with Gasteiger partial charge >= 0.3 is 0 Å². The summed E-state index contributed by atoms with van der Waals surface area (Å²) >= 11 is 0. The number of halogens is 2. The Balaban J connectivity index is 0.00000240. The number of aromatic nitrogens is 2. The van der Waals surface area contributed by atoms with Gasteiger partial charge in [0.2, 0.25) is 0 Å². The maximum absolute atomic E-state index is 13.0. The maximum Gasteiger partial charge on any atom is 0.274 e. The molecule has 1 saturated heterocycles. The molecule has 0 N–H and O–H groups in total. The lowest BCUT2D eigenvalue weighted by Crippen LogP contribution is -2.31. The molecule has 1 aliphatic rings. The van der Waals surface area contributed by atoms with Gasteiger partial charge in [-0.05, 0) is 49.2 Å². The van der Waals surface area contributed by atoms with Crippen LogP contribution in [0.5, 0.6) is 0 Å². The predicted molar refractivity (Wildman–Crippen MR) is 113 cm³/mol. The second-order valence-corrected chi connectivity index (χ2v) is 7.35. The van der Waals surface area contributed by atoms with Crippen LogP contribution < -0.4 is 5.56 Å². The number of hydrogen-bond donors (Lipinski definition) is 0. The largest absolute Gasteiger partial charge is 0.301 e. The van der Waals surface area contributed by atoms with Gasteiger partial charge in [0.15, 0.2) is 5.78 Å². The van der Waals surface area contributed by atoms with Gasteiger partial charge in [0.05, 0.1) is 18.1 Å². The van der Waals surface area contributed by atoms with Crippen LogP contribution in [-0.4, -0.2) is 40.1 Å². The van der Waals surface area contributed by atoms with E-state index in [1.54, 1.807) is 18.3 Å². The number of ketones is 1. The van der Waals surface area contributed by atoms with E-state index in [1.807, 2.05) is 24.3 Å².